The topological polar surface area (TPSA) is 92.0 Å². The number of benzene rings is 1. The molecular formula is C22H26N7O2+. The summed E-state index contributed by atoms with van der Waals surface area (Å²) in [7, 11) is 1.42. The Hall–Kier alpha value is -3.43. The number of aromatic nitrogens is 4. The summed E-state index contributed by atoms with van der Waals surface area (Å²) in [6.45, 7) is 8.16. The predicted octanol–water partition coefficient (Wildman–Crippen LogP) is 2.01. The molecule has 1 unspecified atom stereocenters. The SMILES string of the molecule is CCN(CC)c1ccc(N=C2C(C(O)OC)=N[n+]3cn(-c4ccccn4)nc32)c(C)c1. The van der Waals surface area contributed by atoms with E-state index in [1.54, 1.807) is 21.9 Å². The highest BCUT2D eigenvalue weighted by atomic mass is 16.6. The molecule has 0 spiro atoms. The number of nitrogens with zero attached hydrogens (tertiary/aromatic N) is 7. The van der Waals surface area contributed by atoms with Gasteiger partial charge in [0.1, 0.15) is 0 Å². The van der Waals surface area contributed by atoms with Crippen LogP contribution in [-0.4, -0.2) is 57.8 Å². The minimum absolute atomic E-state index is 0.311. The standard InChI is InChI=1S/C22H26N7O2/c1-5-27(6-2)16-10-11-17(15(3)13-16)24-19-20(22(30)31-4)25-29-14-28(26-21(19)29)18-9-7-8-12-23-18/h7-14,22,30H,5-6H2,1-4H3/q+1. The molecule has 9 nitrogen and oxygen atoms in total. The minimum Gasteiger partial charge on any atom is -0.372 e. The Balaban J connectivity index is 1.77. The van der Waals surface area contributed by atoms with Crippen LogP contribution in [0.4, 0.5) is 11.4 Å². The molecule has 160 valence electrons. The maximum absolute atomic E-state index is 10.3. The van der Waals surface area contributed by atoms with Gasteiger partial charge >= 0.3 is 5.82 Å². The van der Waals surface area contributed by atoms with Crippen LogP contribution < -0.4 is 9.58 Å². The Morgan fingerprint density at radius 2 is 2.03 bits per heavy atom. The molecule has 31 heavy (non-hydrogen) atoms. The number of fused-ring (bicyclic) bond motifs is 1. The molecule has 9 heteroatoms. The lowest BCUT2D eigenvalue weighted by Gasteiger charge is -2.21. The Kier molecular flexibility index (Phi) is 5.88. The molecule has 1 aliphatic rings. The molecule has 0 amide bonds. The highest BCUT2D eigenvalue weighted by molar-refractivity contribution is 6.49. The number of aliphatic imine (C=N–C) groups is 1. The molecule has 4 rings (SSSR count). The third-order valence-electron chi connectivity index (χ3n) is 5.19. The Morgan fingerprint density at radius 1 is 1.23 bits per heavy atom. The summed E-state index contributed by atoms with van der Waals surface area (Å²) in [5.74, 6) is 1.16. The van der Waals surface area contributed by atoms with Crippen LogP contribution in [0.3, 0.4) is 0 Å². The summed E-state index contributed by atoms with van der Waals surface area (Å²) in [4.78, 5) is 11.4. The van der Waals surface area contributed by atoms with Crippen molar-refractivity contribution in [1.29, 1.82) is 0 Å². The number of pyridine rings is 1. The summed E-state index contributed by atoms with van der Waals surface area (Å²) in [5.41, 5.74) is 3.72. The lowest BCUT2D eigenvalue weighted by atomic mass is 10.1. The average Bonchev–Trinajstić information content (AvgIpc) is 3.35. The van der Waals surface area contributed by atoms with Crippen LogP contribution in [0.15, 0.2) is 59.0 Å². The van der Waals surface area contributed by atoms with Gasteiger partial charge in [-0.1, -0.05) is 10.7 Å². The fraction of sp³-hybridized carbons (Fsp3) is 0.318. The molecule has 1 aromatic carbocycles. The van der Waals surface area contributed by atoms with Crippen molar-refractivity contribution >= 4 is 22.8 Å². The second-order valence-electron chi connectivity index (χ2n) is 7.09. The molecule has 0 bridgehead atoms. The van der Waals surface area contributed by atoms with Crippen molar-refractivity contribution in [3.63, 3.8) is 0 Å². The van der Waals surface area contributed by atoms with Crippen molar-refractivity contribution in [2.24, 2.45) is 10.1 Å². The molecule has 1 N–H and O–H groups in total. The van der Waals surface area contributed by atoms with E-state index in [4.69, 9.17) is 9.73 Å². The first-order valence-corrected chi connectivity index (χ1v) is 10.2. The normalized spacial score (nSPS) is 15.1. The maximum atomic E-state index is 10.3. The summed E-state index contributed by atoms with van der Waals surface area (Å²) in [5, 5.41) is 19.4. The van der Waals surface area contributed by atoms with E-state index in [0.29, 0.717) is 23.1 Å². The average molecular weight is 420 g/mol. The number of aliphatic hydroxyl groups is 1. The zero-order chi connectivity index (χ0) is 22.0. The molecule has 0 aliphatic carbocycles. The molecular weight excluding hydrogens is 394 g/mol. The van der Waals surface area contributed by atoms with Crippen molar-refractivity contribution in [3.8, 4) is 5.82 Å². The third-order valence-corrected chi connectivity index (χ3v) is 5.19. The van der Waals surface area contributed by atoms with Gasteiger partial charge in [-0.25, -0.2) is 9.98 Å². The third kappa shape index (κ3) is 3.97. The first-order chi connectivity index (χ1) is 15.0. The number of anilines is 1. The fourth-order valence-corrected chi connectivity index (χ4v) is 3.49. The van der Waals surface area contributed by atoms with Gasteiger partial charge in [-0.15, -0.1) is 9.78 Å². The zero-order valence-electron chi connectivity index (χ0n) is 18.1. The van der Waals surface area contributed by atoms with Crippen molar-refractivity contribution in [1.82, 2.24) is 14.8 Å². The first kappa shape index (κ1) is 20.8. The van der Waals surface area contributed by atoms with E-state index in [9.17, 15) is 5.11 Å². The second-order valence-corrected chi connectivity index (χ2v) is 7.09. The molecule has 0 radical (unpaired) electrons. The van der Waals surface area contributed by atoms with Crippen LogP contribution in [-0.2, 0) is 4.74 Å². The van der Waals surface area contributed by atoms with E-state index < -0.39 is 6.29 Å². The van der Waals surface area contributed by atoms with E-state index >= 15 is 0 Å². The van der Waals surface area contributed by atoms with Crippen LogP contribution >= 0.6 is 0 Å². The van der Waals surface area contributed by atoms with Crippen LogP contribution in [0.2, 0.25) is 0 Å². The first-order valence-electron chi connectivity index (χ1n) is 10.2. The van der Waals surface area contributed by atoms with Gasteiger partial charge in [-0.05, 0) is 50.6 Å². The van der Waals surface area contributed by atoms with Crippen molar-refractivity contribution in [2.75, 3.05) is 25.1 Å². The van der Waals surface area contributed by atoms with E-state index in [-0.39, 0.29) is 0 Å². The number of hydrogen-bond acceptors (Lipinski definition) is 7. The molecule has 3 aromatic rings. The van der Waals surface area contributed by atoms with Crippen LogP contribution in [0.25, 0.3) is 5.82 Å². The van der Waals surface area contributed by atoms with E-state index in [1.165, 1.54) is 7.11 Å². The predicted molar refractivity (Wildman–Crippen MR) is 118 cm³/mol. The summed E-state index contributed by atoms with van der Waals surface area (Å²) in [6, 6.07) is 11.7. The van der Waals surface area contributed by atoms with Gasteiger partial charge in [0, 0.05) is 38.1 Å². The highest BCUT2D eigenvalue weighted by Crippen LogP contribution is 2.26. The van der Waals surface area contributed by atoms with Gasteiger partial charge in [-0.3, -0.25) is 0 Å². The van der Waals surface area contributed by atoms with Crippen molar-refractivity contribution in [3.05, 3.63) is 60.3 Å². The lowest BCUT2D eigenvalue weighted by Crippen LogP contribution is -2.28. The smallest absolute Gasteiger partial charge is 0.353 e. The number of aryl methyl sites for hydroxylation is 1. The van der Waals surface area contributed by atoms with E-state index in [0.717, 1.165) is 30.0 Å². The molecule has 1 atom stereocenters. The minimum atomic E-state index is -1.21. The maximum Gasteiger partial charge on any atom is 0.353 e. The van der Waals surface area contributed by atoms with Crippen molar-refractivity contribution in [2.45, 2.75) is 27.1 Å². The second kappa shape index (κ2) is 8.75. The van der Waals surface area contributed by atoms with Gasteiger partial charge in [0.25, 0.3) is 6.33 Å². The van der Waals surface area contributed by atoms with E-state index in [2.05, 4.69) is 46.1 Å². The van der Waals surface area contributed by atoms with Crippen LogP contribution in [0, 0.1) is 6.92 Å². The van der Waals surface area contributed by atoms with Gasteiger partial charge < -0.3 is 14.7 Å². The van der Waals surface area contributed by atoms with Crippen LogP contribution in [0.1, 0.15) is 25.2 Å². The quantitative estimate of drug-likeness (QED) is 0.466. The summed E-state index contributed by atoms with van der Waals surface area (Å²) >= 11 is 0. The molecule has 0 fully saturated rings. The molecule has 2 aromatic heterocycles. The number of ether oxygens (including phenoxy) is 1. The number of hydrogen-bond donors (Lipinski definition) is 1. The Morgan fingerprint density at radius 3 is 2.68 bits per heavy atom. The number of methoxy groups -OCH3 is 1. The van der Waals surface area contributed by atoms with Crippen molar-refractivity contribution < 1.29 is 14.5 Å². The lowest BCUT2D eigenvalue weighted by molar-refractivity contribution is -0.677. The molecule has 0 saturated heterocycles. The molecule has 1 aliphatic heterocycles. The van der Waals surface area contributed by atoms with Gasteiger partial charge in [-0.2, -0.15) is 0 Å². The Bertz CT molecular complexity index is 1130. The number of rotatable bonds is 7. The summed E-state index contributed by atoms with van der Waals surface area (Å²) < 4.78 is 8.30. The number of aliphatic hydroxyl groups excluding tert-OH is 1. The van der Waals surface area contributed by atoms with Gasteiger partial charge in [0.2, 0.25) is 12.1 Å². The fourth-order valence-electron chi connectivity index (χ4n) is 3.49. The largest absolute Gasteiger partial charge is 0.372 e. The van der Waals surface area contributed by atoms with Gasteiger partial charge in [0.15, 0.2) is 11.4 Å². The molecule has 0 saturated carbocycles. The monoisotopic (exact) mass is 420 g/mol. The summed E-state index contributed by atoms with van der Waals surface area (Å²) in [6.07, 6.45) is 2.18. The van der Waals surface area contributed by atoms with Gasteiger partial charge in [0.05, 0.1) is 10.8 Å². The highest BCUT2D eigenvalue weighted by Gasteiger charge is 2.38. The zero-order valence-corrected chi connectivity index (χ0v) is 18.1. The van der Waals surface area contributed by atoms with Crippen LogP contribution in [0.5, 0.6) is 0 Å². The molecule has 3 heterocycles. The van der Waals surface area contributed by atoms with E-state index in [1.807, 2.05) is 31.2 Å². The Labute approximate surface area is 181 Å².